The Balaban J connectivity index is 2.42. The molecule has 0 fully saturated rings. The van der Waals surface area contributed by atoms with E-state index in [2.05, 4.69) is 4.98 Å². The van der Waals surface area contributed by atoms with Gasteiger partial charge in [-0.3, -0.25) is 10.2 Å². The average molecular weight is 217 g/mol. The maximum atomic E-state index is 11.3. The number of nitrogens with one attached hydrogen (secondary N) is 1. The van der Waals surface area contributed by atoms with Crippen molar-refractivity contribution in [3.63, 3.8) is 0 Å². The van der Waals surface area contributed by atoms with E-state index < -0.39 is 5.91 Å². The van der Waals surface area contributed by atoms with E-state index in [4.69, 9.17) is 10.3 Å². The standard InChI is InChI=1S/C11H11N3O2/c1-7-9(10(15)14-12)16-11(13-7)8-5-3-2-4-6-8/h2-6H,12H2,1H3,(H,14,15). The van der Waals surface area contributed by atoms with E-state index in [9.17, 15) is 4.79 Å². The Morgan fingerprint density at radius 2 is 2.06 bits per heavy atom. The minimum absolute atomic E-state index is 0.140. The number of rotatable bonds is 2. The Kier molecular flexibility index (Phi) is 2.70. The van der Waals surface area contributed by atoms with Gasteiger partial charge >= 0.3 is 5.91 Å². The molecular formula is C11H11N3O2. The molecule has 0 aliphatic heterocycles. The molecule has 0 saturated carbocycles. The zero-order valence-corrected chi connectivity index (χ0v) is 8.73. The summed E-state index contributed by atoms with van der Waals surface area (Å²) in [4.78, 5) is 15.5. The second kappa shape index (κ2) is 4.16. The monoisotopic (exact) mass is 217 g/mol. The zero-order chi connectivity index (χ0) is 11.5. The van der Waals surface area contributed by atoms with Crippen molar-refractivity contribution in [2.24, 2.45) is 5.84 Å². The predicted octanol–water partition coefficient (Wildman–Crippen LogP) is 1.25. The number of aryl methyl sites for hydroxylation is 1. The topological polar surface area (TPSA) is 81.2 Å². The Morgan fingerprint density at radius 1 is 1.38 bits per heavy atom. The fraction of sp³-hybridized carbons (Fsp3) is 0.0909. The number of carbonyl (C=O) groups is 1. The molecule has 0 saturated heterocycles. The van der Waals surface area contributed by atoms with Crippen molar-refractivity contribution in [1.29, 1.82) is 0 Å². The lowest BCUT2D eigenvalue weighted by Gasteiger charge is -1.94. The van der Waals surface area contributed by atoms with Crippen molar-refractivity contribution < 1.29 is 9.21 Å². The van der Waals surface area contributed by atoms with Crippen molar-refractivity contribution in [2.75, 3.05) is 0 Å². The number of aromatic nitrogens is 1. The third kappa shape index (κ3) is 1.80. The van der Waals surface area contributed by atoms with Crippen molar-refractivity contribution in [3.05, 3.63) is 41.8 Å². The molecule has 16 heavy (non-hydrogen) atoms. The third-order valence-corrected chi connectivity index (χ3v) is 2.15. The van der Waals surface area contributed by atoms with Gasteiger partial charge in [0.25, 0.3) is 0 Å². The summed E-state index contributed by atoms with van der Waals surface area (Å²) in [6.45, 7) is 1.69. The Bertz CT molecular complexity index is 505. The second-order valence-corrected chi connectivity index (χ2v) is 3.27. The molecule has 2 rings (SSSR count). The fourth-order valence-electron chi connectivity index (χ4n) is 1.38. The predicted molar refractivity (Wildman–Crippen MR) is 58.3 cm³/mol. The molecule has 3 N–H and O–H groups in total. The highest BCUT2D eigenvalue weighted by molar-refractivity contribution is 5.92. The smallest absolute Gasteiger partial charge is 0.302 e. The molecule has 5 nitrogen and oxygen atoms in total. The first-order valence-corrected chi connectivity index (χ1v) is 4.76. The van der Waals surface area contributed by atoms with Crippen LogP contribution in [0.5, 0.6) is 0 Å². The summed E-state index contributed by atoms with van der Waals surface area (Å²) >= 11 is 0. The molecule has 2 aromatic rings. The van der Waals surface area contributed by atoms with Gasteiger partial charge in [0.15, 0.2) is 0 Å². The molecule has 0 spiro atoms. The highest BCUT2D eigenvalue weighted by Crippen LogP contribution is 2.21. The van der Waals surface area contributed by atoms with Crippen LogP contribution in [0.3, 0.4) is 0 Å². The summed E-state index contributed by atoms with van der Waals surface area (Å²) in [7, 11) is 0. The van der Waals surface area contributed by atoms with E-state index in [1.54, 1.807) is 6.92 Å². The highest BCUT2D eigenvalue weighted by Gasteiger charge is 2.16. The van der Waals surface area contributed by atoms with E-state index in [0.29, 0.717) is 11.6 Å². The number of hydrogen-bond acceptors (Lipinski definition) is 4. The molecule has 1 aromatic carbocycles. The van der Waals surface area contributed by atoms with Crippen LogP contribution in [-0.4, -0.2) is 10.9 Å². The fourth-order valence-corrected chi connectivity index (χ4v) is 1.38. The van der Waals surface area contributed by atoms with E-state index >= 15 is 0 Å². The minimum atomic E-state index is -0.479. The van der Waals surface area contributed by atoms with Crippen LogP contribution in [0.15, 0.2) is 34.7 Å². The molecule has 1 heterocycles. The minimum Gasteiger partial charge on any atom is -0.431 e. The largest absolute Gasteiger partial charge is 0.431 e. The molecule has 0 atom stereocenters. The van der Waals surface area contributed by atoms with Crippen LogP contribution >= 0.6 is 0 Å². The number of hydrogen-bond donors (Lipinski definition) is 2. The zero-order valence-electron chi connectivity index (χ0n) is 8.73. The highest BCUT2D eigenvalue weighted by atomic mass is 16.4. The molecule has 1 amide bonds. The molecule has 0 bridgehead atoms. The van der Waals surface area contributed by atoms with Gasteiger partial charge in [0.1, 0.15) is 0 Å². The van der Waals surface area contributed by atoms with Crippen LogP contribution in [-0.2, 0) is 0 Å². The summed E-state index contributed by atoms with van der Waals surface area (Å²) in [5.41, 5.74) is 3.35. The van der Waals surface area contributed by atoms with Crippen molar-refractivity contribution in [1.82, 2.24) is 10.4 Å². The number of benzene rings is 1. The normalized spacial score (nSPS) is 10.1. The van der Waals surface area contributed by atoms with E-state index in [-0.39, 0.29) is 5.76 Å². The lowest BCUT2D eigenvalue weighted by atomic mass is 10.2. The Morgan fingerprint density at radius 3 is 2.69 bits per heavy atom. The molecule has 0 aliphatic rings. The molecule has 0 aliphatic carbocycles. The van der Waals surface area contributed by atoms with Gasteiger partial charge < -0.3 is 4.42 Å². The number of nitrogen functional groups attached to an aromatic ring is 1. The van der Waals surface area contributed by atoms with E-state index in [0.717, 1.165) is 5.56 Å². The number of nitrogens with zero attached hydrogens (tertiary/aromatic N) is 1. The maximum absolute atomic E-state index is 11.3. The molecule has 82 valence electrons. The van der Waals surface area contributed by atoms with E-state index in [1.807, 2.05) is 35.8 Å². The summed E-state index contributed by atoms with van der Waals surface area (Å²) in [5, 5.41) is 0. The number of hydrazine groups is 1. The molecule has 5 heteroatoms. The number of nitrogens with two attached hydrogens (primary N) is 1. The first kappa shape index (κ1) is 10.4. The maximum Gasteiger partial charge on any atom is 0.302 e. The number of oxazole rings is 1. The first-order chi connectivity index (χ1) is 7.72. The van der Waals surface area contributed by atoms with Gasteiger partial charge in [0, 0.05) is 5.56 Å². The summed E-state index contributed by atoms with van der Waals surface area (Å²) in [5.74, 6) is 5.11. The number of amides is 1. The Labute approximate surface area is 92.3 Å². The van der Waals surface area contributed by atoms with Gasteiger partial charge in [-0.25, -0.2) is 10.8 Å². The molecule has 0 unspecified atom stereocenters. The average Bonchev–Trinajstić information content (AvgIpc) is 2.71. The summed E-state index contributed by atoms with van der Waals surface area (Å²) in [6, 6.07) is 9.35. The van der Waals surface area contributed by atoms with E-state index in [1.165, 1.54) is 0 Å². The molecule has 1 aromatic heterocycles. The third-order valence-electron chi connectivity index (χ3n) is 2.15. The van der Waals surface area contributed by atoms with Gasteiger partial charge in [-0.1, -0.05) is 18.2 Å². The molecular weight excluding hydrogens is 206 g/mol. The van der Waals surface area contributed by atoms with Gasteiger partial charge in [-0.2, -0.15) is 0 Å². The van der Waals surface area contributed by atoms with Crippen LogP contribution in [0, 0.1) is 6.92 Å². The van der Waals surface area contributed by atoms with Crippen molar-refractivity contribution in [3.8, 4) is 11.5 Å². The van der Waals surface area contributed by atoms with Gasteiger partial charge in [-0.15, -0.1) is 0 Å². The first-order valence-electron chi connectivity index (χ1n) is 4.76. The second-order valence-electron chi connectivity index (χ2n) is 3.27. The SMILES string of the molecule is Cc1nc(-c2ccccc2)oc1C(=O)NN. The van der Waals surface area contributed by atoms with Crippen LogP contribution in [0.4, 0.5) is 0 Å². The van der Waals surface area contributed by atoms with Crippen LogP contribution < -0.4 is 11.3 Å². The van der Waals surface area contributed by atoms with Crippen LogP contribution in [0.2, 0.25) is 0 Å². The van der Waals surface area contributed by atoms with Crippen LogP contribution in [0.25, 0.3) is 11.5 Å². The van der Waals surface area contributed by atoms with Crippen LogP contribution in [0.1, 0.15) is 16.2 Å². The van der Waals surface area contributed by atoms with Gasteiger partial charge in [-0.05, 0) is 19.1 Å². The lowest BCUT2D eigenvalue weighted by Crippen LogP contribution is -2.30. The quantitative estimate of drug-likeness (QED) is 0.450. The van der Waals surface area contributed by atoms with Gasteiger partial charge in [0.2, 0.25) is 11.7 Å². The van der Waals surface area contributed by atoms with Crippen molar-refractivity contribution >= 4 is 5.91 Å². The van der Waals surface area contributed by atoms with Gasteiger partial charge in [0.05, 0.1) is 5.69 Å². The summed E-state index contributed by atoms with van der Waals surface area (Å²) in [6.07, 6.45) is 0. The Hall–Kier alpha value is -2.14. The lowest BCUT2D eigenvalue weighted by molar-refractivity contribution is 0.0926. The number of carbonyl (C=O) groups excluding carboxylic acids is 1. The van der Waals surface area contributed by atoms with Crippen molar-refractivity contribution in [2.45, 2.75) is 6.92 Å². The summed E-state index contributed by atoms with van der Waals surface area (Å²) < 4.78 is 5.35. The molecule has 0 radical (unpaired) electrons.